The van der Waals surface area contributed by atoms with Crippen LogP contribution in [-0.4, -0.2) is 24.0 Å². The fraction of sp³-hybridized carbons (Fsp3) is 0.625. The summed E-state index contributed by atoms with van der Waals surface area (Å²) >= 11 is 0. The molecule has 1 aromatic rings. The van der Waals surface area contributed by atoms with E-state index in [1.54, 1.807) is 0 Å². The monoisotopic (exact) mass is 248 g/mol. The van der Waals surface area contributed by atoms with E-state index < -0.39 is 0 Å². The number of likely N-dealkylation sites (N-methyl/N-ethyl adjacent to an activating group) is 1. The standard InChI is InChI=1S/C16H28N2/c1-6-13(4)18(5)16(15(17)7-2)14-10-8-12(3)9-11-14/h8-11,13,15-16H,6-7,17H2,1-5H3. The largest absolute Gasteiger partial charge is 0.326 e. The van der Waals surface area contributed by atoms with Crippen molar-refractivity contribution in [2.45, 2.75) is 58.7 Å². The molecule has 2 N–H and O–H groups in total. The summed E-state index contributed by atoms with van der Waals surface area (Å²) in [6.45, 7) is 8.78. The molecule has 3 unspecified atom stereocenters. The van der Waals surface area contributed by atoms with Crippen LogP contribution in [0.4, 0.5) is 0 Å². The van der Waals surface area contributed by atoms with E-state index in [9.17, 15) is 0 Å². The first-order valence-corrected chi connectivity index (χ1v) is 7.05. The molecule has 3 atom stereocenters. The van der Waals surface area contributed by atoms with E-state index >= 15 is 0 Å². The summed E-state index contributed by atoms with van der Waals surface area (Å²) in [6, 6.07) is 9.83. The molecular formula is C16H28N2. The van der Waals surface area contributed by atoms with Crippen molar-refractivity contribution < 1.29 is 0 Å². The number of benzene rings is 1. The molecule has 18 heavy (non-hydrogen) atoms. The Bertz CT molecular complexity index is 345. The van der Waals surface area contributed by atoms with E-state index in [0.717, 1.165) is 12.8 Å². The normalized spacial score (nSPS) is 16.6. The topological polar surface area (TPSA) is 29.3 Å². The number of nitrogens with two attached hydrogens (primary N) is 1. The molecule has 0 fully saturated rings. The number of aryl methyl sites for hydroxylation is 1. The van der Waals surface area contributed by atoms with Gasteiger partial charge < -0.3 is 5.73 Å². The fourth-order valence-corrected chi connectivity index (χ4v) is 2.33. The van der Waals surface area contributed by atoms with Crippen LogP contribution in [0.15, 0.2) is 24.3 Å². The molecule has 0 heterocycles. The van der Waals surface area contributed by atoms with Gasteiger partial charge >= 0.3 is 0 Å². The van der Waals surface area contributed by atoms with Gasteiger partial charge in [0.1, 0.15) is 0 Å². The molecule has 0 aromatic heterocycles. The summed E-state index contributed by atoms with van der Waals surface area (Å²) < 4.78 is 0. The summed E-state index contributed by atoms with van der Waals surface area (Å²) in [4.78, 5) is 2.42. The van der Waals surface area contributed by atoms with Crippen molar-refractivity contribution >= 4 is 0 Å². The highest BCUT2D eigenvalue weighted by Gasteiger charge is 2.25. The first-order chi connectivity index (χ1) is 8.51. The van der Waals surface area contributed by atoms with Gasteiger partial charge in [-0.2, -0.15) is 0 Å². The minimum atomic E-state index is 0.187. The lowest BCUT2D eigenvalue weighted by molar-refractivity contribution is 0.155. The minimum absolute atomic E-state index is 0.187. The molecule has 0 saturated heterocycles. The Balaban J connectivity index is 3.01. The van der Waals surface area contributed by atoms with Crippen LogP contribution in [0.2, 0.25) is 0 Å². The highest BCUT2D eigenvalue weighted by atomic mass is 15.2. The molecule has 0 radical (unpaired) electrons. The molecule has 0 spiro atoms. The van der Waals surface area contributed by atoms with Gasteiger partial charge in [0.05, 0.1) is 0 Å². The highest BCUT2D eigenvalue weighted by molar-refractivity contribution is 5.25. The lowest BCUT2D eigenvalue weighted by Crippen LogP contribution is -2.42. The first kappa shape index (κ1) is 15.2. The predicted octanol–water partition coefficient (Wildman–Crippen LogP) is 3.50. The van der Waals surface area contributed by atoms with E-state index in [-0.39, 0.29) is 6.04 Å². The van der Waals surface area contributed by atoms with Gasteiger partial charge in [-0.15, -0.1) is 0 Å². The van der Waals surface area contributed by atoms with Gasteiger partial charge in [-0.05, 0) is 39.3 Å². The molecule has 0 saturated carbocycles. The van der Waals surface area contributed by atoms with Crippen LogP contribution < -0.4 is 5.73 Å². The zero-order chi connectivity index (χ0) is 13.7. The third-order valence-corrected chi connectivity index (χ3v) is 4.02. The van der Waals surface area contributed by atoms with E-state index in [1.165, 1.54) is 11.1 Å². The average molecular weight is 248 g/mol. The molecule has 0 amide bonds. The van der Waals surface area contributed by atoms with E-state index in [1.807, 2.05) is 0 Å². The van der Waals surface area contributed by atoms with Crippen molar-refractivity contribution in [2.24, 2.45) is 5.73 Å². The van der Waals surface area contributed by atoms with Gasteiger partial charge in [-0.1, -0.05) is 43.7 Å². The number of nitrogens with zero attached hydrogens (tertiary/aromatic N) is 1. The van der Waals surface area contributed by atoms with Gasteiger partial charge in [-0.25, -0.2) is 0 Å². The maximum atomic E-state index is 6.34. The number of rotatable bonds is 6. The van der Waals surface area contributed by atoms with Gasteiger partial charge in [0.15, 0.2) is 0 Å². The van der Waals surface area contributed by atoms with E-state index in [4.69, 9.17) is 5.73 Å². The zero-order valence-electron chi connectivity index (χ0n) is 12.5. The molecule has 1 rings (SSSR count). The fourth-order valence-electron chi connectivity index (χ4n) is 2.33. The van der Waals surface area contributed by atoms with Crippen molar-refractivity contribution in [3.63, 3.8) is 0 Å². The third-order valence-electron chi connectivity index (χ3n) is 4.02. The molecule has 2 heteroatoms. The predicted molar refractivity (Wildman–Crippen MR) is 79.7 cm³/mol. The molecular weight excluding hydrogens is 220 g/mol. The van der Waals surface area contributed by atoms with Crippen molar-refractivity contribution in [3.8, 4) is 0 Å². The second kappa shape index (κ2) is 6.91. The SMILES string of the molecule is CCC(N)C(c1ccc(C)cc1)N(C)C(C)CC. The van der Waals surface area contributed by atoms with Crippen LogP contribution in [0.3, 0.4) is 0 Å². The minimum Gasteiger partial charge on any atom is -0.326 e. The number of hydrogen-bond acceptors (Lipinski definition) is 2. The maximum Gasteiger partial charge on any atom is 0.0498 e. The lowest BCUT2D eigenvalue weighted by atomic mass is 9.94. The Labute approximate surface area is 112 Å². The Morgan fingerprint density at radius 1 is 1.11 bits per heavy atom. The van der Waals surface area contributed by atoms with Crippen molar-refractivity contribution in [1.29, 1.82) is 0 Å². The Morgan fingerprint density at radius 2 is 1.67 bits per heavy atom. The van der Waals surface area contributed by atoms with Gasteiger partial charge in [0, 0.05) is 18.1 Å². The molecule has 0 aliphatic rings. The molecule has 102 valence electrons. The second-order valence-electron chi connectivity index (χ2n) is 5.35. The van der Waals surface area contributed by atoms with Crippen molar-refractivity contribution in [1.82, 2.24) is 4.90 Å². The van der Waals surface area contributed by atoms with Crippen molar-refractivity contribution in [2.75, 3.05) is 7.05 Å². The molecule has 0 bridgehead atoms. The van der Waals surface area contributed by atoms with Gasteiger partial charge in [-0.3, -0.25) is 4.90 Å². The Morgan fingerprint density at radius 3 is 2.11 bits per heavy atom. The Kier molecular flexibility index (Phi) is 5.83. The average Bonchev–Trinajstić information content (AvgIpc) is 2.39. The van der Waals surface area contributed by atoms with Crippen LogP contribution >= 0.6 is 0 Å². The number of hydrogen-bond donors (Lipinski definition) is 1. The zero-order valence-corrected chi connectivity index (χ0v) is 12.5. The summed E-state index contributed by atoms with van der Waals surface area (Å²) in [6.07, 6.45) is 2.15. The quantitative estimate of drug-likeness (QED) is 0.835. The van der Waals surface area contributed by atoms with Crippen LogP contribution in [0.1, 0.15) is 50.8 Å². The van der Waals surface area contributed by atoms with E-state index in [2.05, 4.69) is 63.9 Å². The molecule has 2 nitrogen and oxygen atoms in total. The van der Waals surface area contributed by atoms with Crippen LogP contribution in [0.5, 0.6) is 0 Å². The molecule has 0 aliphatic heterocycles. The third kappa shape index (κ3) is 3.56. The summed E-state index contributed by atoms with van der Waals surface area (Å²) in [5, 5.41) is 0. The Hall–Kier alpha value is -0.860. The second-order valence-corrected chi connectivity index (χ2v) is 5.35. The lowest BCUT2D eigenvalue weighted by Gasteiger charge is -2.36. The molecule has 1 aromatic carbocycles. The first-order valence-electron chi connectivity index (χ1n) is 7.05. The van der Waals surface area contributed by atoms with Crippen LogP contribution in [0, 0.1) is 6.92 Å². The molecule has 0 aliphatic carbocycles. The van der Waals surface area contributed by atoms with Crippen LogP contribution in [-0.2, 0) is 0 Å². The van der Waals surface area contributed by atoms with Crippen molar-refractivity contribution in [3.05, 3.63) is 35.4 Å². The maximum absolute atomic E-state index is 6.34. The van der Waals surface area contributed by atoms with Crippen LogP contribution in [0.25, 0.3) is 0 Å². The van der Waals surface area contributed by atoms with Gasteiger partial charge in [0.25, 0.3) is 0 Å². The van der Waals surface area contributed by atoms with E-state index in [0.29, 0.717) is 12.1 Å². The summed E-state index contributed by atoms with van der Waals surface area (Å²) in [5.41, 5.74) is 8.97. The summed E-state index contributed by atoms with van der Waals surface area (Å²) in [5.74, 6) is 0. The smallest absolute Gasteiger partial charge is 0.0498 e. The highest BCUT2D eigenvalue weighted by Crippen LogP contribution is 2.26. The summed E-state index contributed by atoms with van der Waals surface area (Å²) in [7, 11) is 2.19. The van der Waals surface area contributed by atoms with Gasteiger partial charge in [0.2, 0.25) is 0 Å².